The molecule has 4 N–H and O–H groups in total. The van der Waals surface area contributed by atoms with Gasteiger partial charge in [-0.05, 0) is 39.0 Å². The number of nitrogens with zero attached hydrogens (tertiary/aromatic N) is 4. The van der Waals surface area contributed by atoms with Crippen LogP contribution in [0.3, 0.4) is 0 Å². The van der Waals surface area contributed by atoms with Crippen molar-refractivity contribution in [2.75, 3.05) is 52.4 Å². The molecular formula is C26H36N8S4. The summed E-state index contributed by atoms with van der Waals surface area (Å²) < 4.78 is 0. The van der Waals surface area contributed by atoms with Gasteiger partial charge in [-0.15, -0.1) is 45.3 Å². The largest absolute Gasteiger partial charge is 0.316 e. The molecule has 1 aliphatic heterocycles. The Balaban J connectivity index is 1.11. The molecule has 0 saturated heterocycles. The fourth-order valence-corrected chi connectivity index (χ4v) is 7.30. The van der Waals surface area contributed by atoms with Gasteiger partial charge in [0.1, 0.15) is 22.8 Å². The molecule has 0 unspecified atom stereocenters. The molecule has 0 atom stereocenters. The minimum Gasteiger partial charge on any atom is -0.316 e. The average Bonchev–Trinajstić information content (AvgIpc) is 3.73. The molecule has 0 saturated carbocycles. The highest BCUT2D eigenvalue weighted by atomic mass is 32.1. The Kier molecular flexibility index (Phi) is 11.2. The van der Waals surface area contributed by atoms with Crippen molar-refractivity contribution < 1.29 is 0 Å². The third-order valence-corrected chi connectivity index (χ3v) is 9.84. The number of thiazole rings is 4. The molecule has 0 radical (unpaired) electrons. The van der Waals surface area contributed by atoms with E-state index in [0.717, 1.165) is 114 Å². The number of rotatable bonds is 0. The van der Waals surface area contributed by atoms with Gasteiger partial charge in [0.25, 0.3) is 0 Å². The Hall–Kier alpha value is -1.64. The fourth-order valence-electron chi connectivity index (χ4n) is 4.13. The molecule has 5 rings (SSSR count). The van der Waals surface area contributed by atoms with Gasteiger partial charge in [-0.1, -0.05) is 0 Å². The zero-order valence-electron chi connectivity index (χ0n) is 21.6. The molecule has 204 valence electrons. The Bertz CT molecular complexity index is 1040. The van der Waals surface area contributed by atoms with Gasteiger partial charge in [-0.3, -0.25) is 0 Å². The van der Waals surface area contributed by atoms with Crippen LogP contribution in [0.25, 0.3) is 22.8 Å². The molecule has 5 heterocycles. The van der Waals surface area contributed by atoms with Crippen molar-refractivity contribution in [3.63, 3.8) is 0 Å². The molecule has 0 amide bonds. The Morgan fingerprint density at radius 3 is 0.921 bits per heavy atom. The maximum Gasteiger partial charge on any atom is 0.101 e. The van der Waals surface area contributed by atoms with E-state index in [1.807, 2.05) is 0 Å². The lowest BCUT2D eigenvalue weighted by molar-refractivity contribution is 0.595. The normalized spacial score (nSPS) is 17.7. The summed E-state index contributed by atoms with van der Waals surface area (Å²) in [6, 6.07) is 0. The Morgan fingerprint density at radius 2 is 0.658 bits per heavy atom. The molecule has 12 heteroatoms. The van der Waals surface area contributed by atoms with Crippen LogP contribution in [0.15, 0.2) is 21.5 Å². The van der Waals surface area contributed by atoms with Gasteiger partial charge in [0.05, 0.1) is 20.0 Å². The van der Waals surface area contributed by atoms with E-state index >= 15 is 0 Å². The van der Waals surface area contributed by atoms with E-state index in [9.17, 15) is 0 Å². The van der Waals surface area contributed by atoms with Crippen LogP contribution in [-0.2, 0) is 25.7 Å². The molecule has 0 fully saturated rings. The van der Waals surface area contributed by atoms with Crippen LogP contribution >= 0.6 is 45.3 Å². The molecular weight excluding hydrogens is 553 g/mol. The zero-order chi connectivity index (χ0) is 25.8. The molecule has 0 aromatic carbocycles. The van der Waals surface area contributed by atoms with Crippen LogP contribution in [-0.4, -0.2) is 72.3 Å². The monoisotopic (exact) mass is 588 g/mol. The van der Waals surface area contributed by atoms with Crippen LogP contribution < -0.4 is 21.3 Å². The fraction of sp³-hybridized carbons (Fsp3) is 0.538. The van der Waals surface area contributed by atoms with E-state index in [0.29, 0.717) is 0 Å². The van der Waals surface area contributed by atoms with Crippen LogP contribution in [0.5, 0.6) is 0 Å². The van der Waals surface area contributed by atoms with E-state index in [1.54, 1.807) is 45.3 Å². The highest BCUT2D eigenvalue weighted by Gasteiger charge is 2.10. The first-order chi connectivity index (χ1) is 18.8. The van der Waals surface area contributed by atoms with Crippen molar-refractivity contribution in [3.8, 4) is 22.8 Å². The quantitative estimate of drug-likeness (QED) is 0.246. The van der Waals surface area contributed by atoms with Gasteiger partial charge >= 0.3 is 0 Å². The van der Waals surface area contributed by atoms with Crippen molar-refractivity contribution in [3.05, 3.63) is 41.6 Å². The van der Waals surface area contributed by atoms with Crippen molar-refractivity contribution in [1.82, 2.24) is 41.2 Å². The molecule has 1 aliphatic rings. The van der Waals surface area contributed by atoms with Crippen molar-refractivity contribution >= 4 is 45.3 Å². The van der Waals surface area contributed by atoms with Gasteiger partial charge in [-0.25, -0.2) is 19.9 Å². The van der Waals surface area contributed by atoms with Crippen molar-refractivity contribution in [2.45, 2.75) is 38.5 Å². The first-order valence-corrected chi connectivity index (χ1v) is 17.0. The Labute approximate surface area is 240 Å². The molecule has 8 nitrogen and oxygen atoms in total. The maximum atomic E-state index is 4.82. The molecule has 0 spiro atoms. The van der Waals surface area contributed by atoms with Crippen LogP contribution in [0, 0.1) is 0 Å². The summed E-state index contributed by atoms with van der Waals surface area (Å²) in [6.45, 7) is 7.87. The number of aromatic nitrogens is 4. The highest BCUT2D eigenvalue weighted by molar-refractivity contribution is 7.11. The molecule has 8 bridgehead atoms. The summed E-state index contributed by atoms with van der Waals surface area (Å²) in [5, 5.41) is 27.5. The summed E-state index contributed by atoms with van der Waals surface area (Å²) in [4.78, 5) is 19.3. The predicted molar refractivity (Wildman–Crippen MR) is 162 cm³/mol. The SMILES string of the molecule is c1sc2nc1-c1csc(n1)CCNCCCNCCc1nc(cs1)-c1csc(n1)CCNCCCNCC2. The third-order valence-electron chi connectivity index (χ3n) is 6.21. The van der Waals surface area contributed by atoms with Crippen molar-refractivity contribution in [1.29, 1.82) is 0 Å². The van der Waals surface area contributed by atoms with Crippen LogP contribution in [0.2, 0.25) is 0 Å². The standard InChI is InChI=1S/C26H36N8S4/c1-7-27-11-3-23-31-19(15-35-23)21-17-37-25(33-21)5-13-29-9-2-10-30-14-6-26-34-22(18-38-26)20-16-36-24(32-20)4-12-28-8-1/h15-18,27-30H,1-14H2. The molecule has 38 heavy (non-hydrogen) atoms. The second kappa shape index (κ2) is 15.2. The lowest BCUT2D eigenvalue weighted by Crippen LogP contribution is -2.24. The maximum absolute atomic E-state index is 4.82. The summed E-state index contributed by atoms with van der Waals surface area (Å²) >= 11 is 6.94. The van der Waals surface area contributed by atoms with E-state index in [-0.39, 0.29) is 0 Å². The lowest BCUT2D eigenvalue weighted by Gasteiger charge is -2.05. The average molecular weight is 589 g/mol. The van der Waals surface area contributed by atoms with E-state index in [2.05, 4.69) is 42.8 Å². The van der Waals surface area contributed by atoms with Gasteiger partial charge in [0, 0.05) is 73.4 Å². The summed E-state index contributed by atoms with van der Waals surface area (Å²) in [5.41, 5.74) is 4.04. The highest BCUT2D eigenvalue weighted by Crippen LogP contribution is 2.25. The van der Waals surface area contributed by atoms with Gasteiger partial charge in [0.15, 0.2) is 0 Å². The first-order valence-electron chi connectivity index (χ1n) is 13.4. The van der Waals surface area contributed by atoms with E-state index < -0.39 is 0 Å². The minimum atomic E-state index is 0.955. The van der Waals surface area contributed by atoms with Crippen molar-refractivity contribution in [2.24, 2.45) is 0 Å². The molecule has 0 aliphatic carbocycles. The van der Waals surface area contributed by atoms with E-state index in [4.69, 9.17) is 19.9 Å². The first kappa shape index (κ1) is 27.9. The van der Waals surface area contributed by atoms with Crippen LogP contribution in [0.4, 0.5) is 0 Å². The second-order valence-electron chi connectivity index (χ2n) is 9.21. The Morgan fingerprint density at radius 1 is 0.395 bits per heavy atom. The summed E-state index contributed by atoms with van der Waals surface area (Å²) in [5.74, 6) is 0. The third kappa shape index (κ3) is 8.68. The lowest BCUT2D eigenvalue weighted by atomic mass is 10.3. The smallest absolute Gasteiger partial charge is 0.101 e. The number of nitrogens with one attached hydrogen (secondary N) is 4. The summed E-state index contributed by atoms with van der Waals surface area (Å²) in [6.07, 6.45) is 6.06. The minimum absolute atomic E-state index is 0.955. The number of hydrogen-bond acceptors (Lipinski definition) is 12. The zero-order valence-corrected chi connectivity index (χ0v) is 24.9. The van der Waals surface area contributed by atoms with Gasteiger partial charge < -0.3 is 21.3 Å². The molecule has 4 aromatic heterocycles. The number of fused-ring (bicyclic) bond motifs is 10. The van der Waals surface area contributed by atoms with Gasteiger partial charge in [0.2, 0.25) is 0 Å². The predicted octanol–water partition coefficient (Wildman–Crippen LogP) is 3.87. The van der Waals surface area contributed by atoms with Gasteiger partial charge in [-0.2, -0.15) is 0 Å². The summed E-state index contributed by atoms with van der Waals surface area (Å²) in [7, 11) is 0. The van der Waals surface area contributed by atoms with E-state index in [1.165, 1.54) is 20.0 Å². The molecule has 4 aromatic rings. The van der Waals surface area contributed by atoms with Crippen LogP contribution in [0.1, 0.15) is 32.9 Å². The topological polar surface area (TPSA) is 99.7 Å². The second-order valence-corrected chi connectivity index (χ2v) is 13.0. The number of hydrogen-bond donors (Lipinski definition) is 4.